The molecule has 0 aliphatic carbocycles. The smallest absolute Gasteiger partial charge is 0.321 e. The Morgan fingerprint density at radius 1 is 1.17 bits per heavy atom. The van der Waals surface area contributed by atoms with Crippen LogP contribution in [-0.4, -0.2) is 46.3 Å². The second-order valence-corrected chi connectivity index (χ2v) is 7.10. The molecule has 0 aliphatic rings. The lowest BCUT2D eigenvalue weighted by Gasteiger charge is -2.16. The van der Waals surface area contributed by atoms with E-state index in [1.807, 2.05) is 55.5 Å². The number of aryl methyl sites for hydroxylation is 1. The SMILES string of the molecule is CNC(=O)NC(=O)C(Sc1nnnn1-c1cc(C)ccc1OC)c1ccccc1. The predicted molar refractivity (Wildman–Crippen MR) is 108 cm³/mol. The number of rotatable bonds is 6. The van der Waals surface area contributed by atoms with Gasteiger partial charge in [-0.1, -0.05) is 48.2 Å². The molecule has 0 saturated carbocycles. The number of ether oxygens (including phenoxy) is 1. The molecule has 3 rings (SSSR count). The maximum absolute atomic E-state index is 12.8. The average Bonchev–Trinajstić information content (AvgIpc) is 3.20. The zero-order valence-electron chi connectivity index (χ0n) is 16.1. The van der Waals surface area contributed by atoms with Crippen molar-refractivity contribution in [2.24, 2.45) is 0 Å². The van der Waals surface area contributed by atoms with Crippen LogP contribution >= 0.6 is 11.8 Å². The summed E-state index contributed by atoms with van der Waals surface area (Å²) in [5.41, 5.74) is 2.37. The van der Waals surface area contributed by atoms with Crippen LogP contribution in [0.4, 0.5) is 4.79 Å². The first kappa shape index (κ1) is 20.3. The van der Waals surface area contributed by atoms with E-state index in [9.17, 15) is 9.59 Å². The second-order valence-electron chi connectivity index (χ2n) is 6.03. The third-order valence-electron chi connectivity index (χ3n) is 4.03. The number of nitrogens with one attached hydrogen (secondary N) is 2. The molecule has 0 bridgehead atoms. The van der Waals surface area contributed by atoms with Crippen molar-refractivity contribution in [2.75, 3.05) is 14.2 Å². The van der Waals surface area contributed by atoms with E-state index in [2.05, 4.69) is 26.2 Å². The van der Waals surface area contributed by atoms with Gasteiger partial charge in [-0.2, -0.15) is 4.68 Å². The fraction of sp³-hybridized carbons (Fsp3) is 0.211. The Hall–Kier alpha value is -3.40. The van der Waals surface area contributed by atoms with Crippen LogP contribution in [0.15, 0.2) is 53.7 Å². The van der Waals surface area contributed by atoms with Gasteiger partial charge in [0.1, 0.15) is 16.7 Å². The summed E-state index contributed by atoms with van der Waals surface area (Å²) in [4.78, 5) is 24.4. The number of amides is 3. The first-order chi connectivity index (χ1) is 14.0. The second kappa shape index (κ2) is 9.20. The Morgan fingerprint density at radius 2 is 1.93 bits per heavy atom. The van der Waals surface area contributed by atoms with Crippen molar-refractivity contribution in [3.63, 3.8) is 0 Å². The summed E-state index contributed by atoms with van der Waals surface area (Å²) < 4.78 is 6.94. The lowest BCUT2D eigenvalue weighted by atomic mass is 10.1. The maximum atomic E-state index is 12.8. The Labute approximate surface area is 171 Å². The van der Waals surface area contributed by atoms with Crippen LogP contribution in [-0.2, 0) is 4.79 Å². The number of aromatic nitrogens is 4. The van der Waals surface area contributed by atoms with Gasteiger partial charge in [0.05, 0.1) is 7.11 Å². The molecule has 3 aromatic rings. The highest BCUT2D eigenvalue weighted by atomic mass is 32.2. The fourth-order valence-electron chi connectivity index (χ4n) is 2.62. The number of benzene rings is 2. The molecule has 1 aromatic heterocycles. The number of imide groups is 1. The highest BCUT2D eigenvalue weighted by Crippen LogP contribution is 2.36. The van der Waals surface area contributed by atoms with Gasteiger partial charge in [-0.05, 0) is 40.6 Å². The van der Waals surface area contributed by atoms with E-state index in [1.54, 1.807) is 7.11 Å². The number of carbonyl (C=O) groups excluding carboxylic acids is 2. The standard InChI is InChI=1S/C19H20N6O3S/c1-12-9-10-15(28-3)14(11-12)25-19(22-23-24-25)29-16(13-7-5-4-6-8-13)17(26)21-18(27)20-2/h4-11,16H,1-3H3,(H2,20,21,26,27). The third-order valence-corrected chi connectivity index (χ3v) is 5.22. The van der Waals surface area contributed by atoms with Crippen molar-refractivity contribution in [1.82, 2.24) is 30.8 Å². The molecule has 9 nitrogen and oxygen atoms in total. The van der Waals surface area contributed by atoms with Crippen LogP contribution in [0.3, 0.4) is 0 Å². The van der Waals surface area contributed by atoms with Crippen LogP contribution in [0, 0.1) is 6.92 Å². The summed E-state index contributed by atoms with van der Waals surface area (Å²) in [7, 11) is 3.01. The molecule has 0 fully saturated rings. The Bertz CT molecular complexity index is 1010. The molecule has 0 spiro atoms. The quantitative estimate of drug-likeness (QED) is 0.598. The van der Waals surface area contributed by atoms with Gasteiger partial charge in [0.15, 0.2) is 0 Å². The van der Waals surface area contributed by atoms with Crippen LogP contribution in [0.1, 0.15) is 16.4 Å². The molecule has 1 heterocycles. The topological polar surface area (TPSA) is 111 Å². The van der Waals surface area contributed by atoms with Gasteiger partial charge < -0.3 is 10.1 Å². The monoisotopic (exact) mass is 412 g/mol. The Kier molecular flexibility index (Phi) is 6.45. The molecule has 2 aromatic carbocycles. The van der Waals surface area contributed by atoms with Gasteiger partial charge in [0.2, 0.25) is 11.1 Å². The molecule has 29 heavy (non-hydrogen) atoms. The lowest BCUT2D eigenvalue weighted by Crippen LogP contribution is -2.39. The van der Waals surface area contributed by atoms with E-state index in [-0.39, 0.29) is 0 Å². The minimum atomic E-state index is -0.742. The summed E-state index contributed by atoms with van der Waals surface area (Å²) in [6.45, 7) is 1.95. The van der Waals surface area contributed by atoms with E-state index in [4.69, 9.17) is 4.74 Å². The first-order valence-corrected chi connectivity index (χ1v) is 9.59. The molecule has 1 unspecified atom stereocenters. The van der Waals surface area contributed by atoms with Gasteiger partial charge in [0, 0.05) is 7.05 Å². The number of thioether (sulfide) groups is 1. The number of hydrogen-bond donors (Lipinski definition) is 2. The lowest BCUT2D eigenvalue weighted by molar-refractivity contribution is -0.119. The average molecular weight is 412 g/mol. The van der Waals surface area contributed by atoms with Gasteiger partial charge in [-0.25, -0.2) is 4.79 Å². The predicted octanol–water partition coefficient (Wildman–Crippen LogP) is 2.27. The molecule has 0 saturated heterocycles. The van der Waals surface area contributed by atoms with Gasteiger partial charge >= 0.3 is 6.03 Å². The van der Waals surface area contributed by atoms with Crippen molar-refractivity contribution < 1.29 is 14.3 Å². The zero-order valence-corrected chi connectivity index (χ0v) is 16.9. The molecule has 150 valence electrons. The van der Waals surface area contributed by atoms with Gasteiger partial charge in [-0.3, -0.25) is 10.1 Å². The van der Waals surface area contributed by atoms with E-state index < -0.39 is 17.2 Å². The van der Waals surface area contributed by atoms with E-state index in [0.29, 0.717) is 22.2 Å². The molecule has 2 N–H and O–H groups in total. The molecule has 10 heteroatoms. The summed E-state index contributed by atoms with van der Waals surface area (Å²) in [6, 6.07) is 14.2. The zero-order chi connectivity index (χ0) is 20.8. The van der Waals surface area contributed by atoms with Crippen LogP contribution in [0.25, 0.3) is 5.69 Å². The largest absolute Gasteiger partial charge is 0.494 e. The third kappa shape index (κ3) is 4.72. The molecule has 0 radical (unpaired) electrons. The van der Waals surface area contributed by atoms with E-state index in [0.717, 1.165) is 17.3 Å². The molecule has 0 aliphatic heterocycles. The van der Waals surface area contributed by atoms with Gasteiger partial charge in [0.25, 0.3) is 0 Å². The van der Waals surface area contributed by atoms with E-state index in [1.165, 1.54) is 11.7 Å². The highest BCUT2D eigenvalue weighted by molar-refractivity contribution is 8.00. The van der Waals surface area contributed by atoms with Crippen LogP contribution in [0.2, 0.25) is 0 Å². The number of methoxy groups -OCH3 is 1. The van der Waals surface area contributed by atoms with Crippen molar-refractivity contribution in [3.8, 4) is 11.4 Å². The molecule has 3 amide bonds. The van der Waals surface area contributed by atoms with Crippen molar-refractivity contribution in [1.29, 1.82) is 0 Å². The first-order valence-electron chi connectivity index (χ1n) is 8.71. The normalized spacial score (nSPS) is 11.6. The minimum absolute atomic E-state index is 0.384. The number of hydrogen-bond acceptors (Lipinski definition) is 7. The Morgan fingerprint density at radius 3 is 2.62 bits per heavy atom. The summed E-state index contributed by atoms with van der Waals surface area (Å²) in [6.07, 6.45) is 0. The summed E-state index contributed by atoms with van der Waals surface area (Å²) in [5, 5.41) is 16.2. The summed E-state index contributed by atoms with van der Waals surface area (Å²) in [5.74, 6) is 0.113. The molecular weight excluding hydrogens is 392 g/mol. The molecular formula is C19H20N6O3S. The van der Waals surface area contributed by atoms with Crippen molar-refractivity contribution in [2.45, 2.75) is 17.3 Å². The number of tetrazole rings is 1. The number of urea groups is 1. The van der Waals surface area contributed by atoms with Crippen LogP contribution < -0.4 is 15.4 Å². The fourth-order valence-corrected chi connectivity index (χ4v) is 3.60. The number of carbonyl (C=O) groups is 2. The van der Waals surface area contributed by atoms with E-state index >= 15 is 0 Å². The number of nitrogens with zero attached hydrogens (tertiary/aromatic N) is 4. The summed E-state index contributed by atoms with van der Waals surface area (Å²) >= 11 is 1.13. The van der Waals surface area contributed by atoms with Gasteiger partial charge in [-0.15, -0.1) is 5.10 Å². The highest BCUT2D eigenvalue weighted by Gasteiger charge is 2.27. The van der Waals surface area contributed by atoms with Crippen molar-refractivity contribution >= 4 is 23.7 Å². The van der Waals surface area contributed by atoms with Crippen molar-refractivity contribution in [3.05, 3.63) is 59.7 Å². The maximum Gasteiger partial charge on any atom is 0.321 e. The Balaban J connectivity index is 1.98. The van der Waals surface area contributed by atoms with Crippen LogP contribution in [0.5, 0.6) is 5.75 Å². The molecule has 1 atom stereocenters. The minimum Gasteiger partial charge on any atom is -0.494 e.